The van der Waals surface area contributed by atoms with E-state index in [-0.39, 0.29) is 45.4 Å². The van der Waals surface area contributed by atoms with E-state index in [4.69, 9.17) is 75.8 Å². The van der Waals surface area contributed by atoms with Crippen molar-refractivity contribution in [2.45, 2.75) is 234 Å². The van der Waals surface area contributed by atoms with Gasteiger partial charge in [-0.05, 0) is 109 Å². The Balaban J connectivity index is 1.38. The highest BCUT2D eigenvalue weighted by atomic mass is 16.8. The van der Waals surface area contributed by atoms with Crippen LogP contribution in [-0.2, 0) is 124 Å². The van der Waals surface area contributed by atoms with Gasteiger partial charge in [0.1, 0.15) is 31.5 Å². The number of hydrogen-bond acceptors (Lipinski definition) is 26. The van der Waals surface area contributed by atoms with Gasteiger partial charge in [-0.2, -0.15) is 0 Å². The third-order valence-electron chi connectivity index (χ3n) is 20.8. The lowest BCUT2D eigenvalue weighted by atomic mass is 9.33. The van der Waals surface area contributed by atoms with Gasteiger partial charge in [0.15, 0.2) is 43.1 Å². The zero-order valence-electron chi connectivity index (χ0n) is 54.4. The van der Waals surface area contributed by atoms with Crippen LogP contribution in [0.15, 0.2) is 11.6 Å². The zero-order valence-corrected chi connectivity index (χ0v) is 54.4. The lowest BCUT2D eigenvalue weighted by molar-refractivity contribution is -0.387. The second-order valence-corrected chi connectivity index (χ2v) is 26.9. The van der Waals surface area contributed by atoms with Crippen LogP contribution in [0, 0.1) is 50.2 Å². The Labute approximate surface area is 519 Å². The highest BCUT2D eigenvalue weighted by molar-refractivity contribution is 5.80. The number of allylic oxidation sites excluding steroid dienone is 2. The van der Waals surface area contributed by atoms with Gasteiger partial charge in [-0.25, -0.2) is 14.4 Å². The number of rotatable bonds is 20. The van der Waals surface area contributed by atoms with Crippen molar-refractivity contribution in [1.29, 1.82) is 0 Å². The molecule has 0 aromatic carbocycles. The van der Waals surface area contributed by atoms with Crippen molar-refractivity contribution in [2.75, 3.05) is 41.7 Å². The Bertz CT molecular complexity index is 2720. The number of carbonyl (C=O) groups is 10. The lowest BCUT2D eigenvalue weighted by Gasteiger charge is -2.71. The molecule has 0 N–H and O–H groups in total. The predicted molar refractivity (Wildman–Crippen MR) is 303 cm³/mol. The summed E-state index contributed by atoms with van der Waals surface area (Å²) in [7, 11) is 4.51. The Morgan fingerprint density at radius 3 is 1.78 bits per heavy atom. The maximum absolute atomic E-state index is 14.3. The van der Waals surface area contributed by atoms with Crippen LogP contribution in [-0.4, -0.2) is 181 Å². The first-order valence-electron chi connectivity index (χ1n) is 30.5. The first kappa shape index (κ1) is 70.7. The highest BCUT2D eigenvalue weighted by Gasteiger charge is 2.70. The molecule has 2 unspecified atom stereocenters. The van der Waals surface area contributed by atoms with Gasteiger partial charge < -0.3 is 75.8 Å². The van der Waals surface area contributed by atoms with Gasteiger partial charge in [-0.15, -0.1) is 0 Å². The molecular formula is C63H92O26. The number of methoxy groups -OCH3 is 4. The van der Waals surface area contributed by atoms with Gasteiger partial charge in [0.2, 0.25) is 12.4 Å². The second kappa shape index (κ2) is 27.6. The van der Waals surface area contributed by atoms with Crippen LogP contribution in [0.4, 0.5) is 0 Å². The molecule has 6 fully saturated rings. The summed E-state index contributed by atoms with van der Waals surface area (Å²) in [6.07, 6.45) is -14.3. The minimum Gasteiger partial charge on any atom is -0.469 e. The van der Waals surface area contributed by atoms with Crippen LogP contribution < -0.4 is 0 Å². The van der Waals surface area contributed by atoms with Crippen LogP contribution in [0.1, 0.15) is 154 Å². The summed E-state index contributed by atoms with van der Waals surface area (Å²) >= 11 is 0. The summed E-state index contributed by atoms with van der Waals surface area (Å²) < 4.78 is 94.2. The van der Waals surface area contributed by atoms with E-state index in [0.29, 0.717) is 12.8 Å². The summed E-state index contributed by atoms with van der Waals surface area (Å²) in [4.78, 5) is 132. The minimum absolute atomic E-state index is 0.0265. The van der Waals surface area contributed by atoms with E-state index in [1.54, 1.807) is 0 Å². The number of fused-ring (bicyclic) bond motifs is 7. The molecule has 0 bridgehead atoms. The topological polar surface area (TPSA) is 318 Å². The largest absolute Gasteiger partial charge is 0.469 e. The fraction of sp³-hybridized carbons (Fsp3) is 0.810. The molecule has 2 saturated heterocycles. The molecule has 2 heterocycles. The second-order valence-electron chi connectivity index (χ2n) is 26.9. The standard InChI is InChI=1S/C63H92O26/c1-31(64)78-29-39-44(80-32(2)65)45(81-33(3)66)49(83-35(5)68)55(85-39)89-50-47(87-54(79-30-43(70)74-14)51(53(72)76-16)84-36(6)69)46(82-34(4)67)48(52(71)75-15)88-56(50)86-42-21-22-60(11)40(59(42,9)10)20-23-62(13)41(60)19-18-37-38-28-58(7,8)24-26-63(38,57(73)77-17)27-25-61(37,62)12/h18,38-42,44-51,54-56H,19-30H2,1-17H3/t38-,39+,40-,41+,42-,44+,45-,46-,47-,48-,49+,50+,51?,54?,55-,56+,60-,61+,62+,63-/m0/s1. The van der Waals surface area contributed by atoms with Gasteiger partial charge in [-0.1, -0.05) is 60.1 Å². The average Bonchev–Trinajstić information content (AvgIpc) is 0.686. The van der Waals surface area contributed by atoms with Crippen molar-refractivity contribution in [2.24, 2.45) is 50.2 Å². The Kier molecular flexibility index (Phi) is 21.9. The molecule has 500 valence electrons. The van der Waals surface area contributed by atoms with E-state index >= 15 is 0 Å². The molecule has 0 radical (unpaired) electrons. The number of ether oxygens (including phenoxy) is 16. The molecule has 0 aromatic heterocycles. The van der Waals surface area contributed by atoms with E-state index in [9.17, 15) is 47.9 Å². The molecule has 5 aliphatic carbocycles. The summed E-state index contributed by atoms with van der Waals surface area (Å²) in [6.45, 7) is 20.4. The average molecular weight is 1270 g/mol. The lowest BCUT2D eigenvalue weighted by Crippen LogP contribution is -2.69. The van der Waals surface area contributed by atoms with Crippen LogP contribution in [0.25, 0.3) is 0 Å². The van der Waals surface area contributed by atoms with Crippen molar-refractivity contribution >= 4 is 59.7 Å². The fourth-order valence-corrected chi connectivity index (χ4v) is 16.6. The normalized spacial score (nSPS) is 37.3. The molecule has 4 saturated carbocycles. The van der Waals surface area contributed by atoms with E-state index in [0.717, 1.165) is 114 Å². The first-order chi connectivity index (χ1) is 41.6. The third-order valence-corrected chi connectivity index (χ3v) is 20.8. The van der Waals surface area contributed by atoms with E-state index < -0.39 is 158 Å². The van der Waals surface area contributed by atoms with Crippen molar-refractivity contribution in [3.05, 3.63) is 11.6 Å². The SMILES string of the molecule is COC(=O)COC(O[C@@H]1[C@@H](O[C@@H]2O[C@H](COC(C)=O)[C@@H](OC(C)=O)[C@H](OC(C)=O)[C@H]2OC(C)=O)[C@H](O[C@H]2CC[C@]3(C)[C@H]4CC=C5[C@@H]6CC(C)(C)CC[C@]6(C(=O)OC)CC[C@@]5(C)[C@]4(C)CC[C@H]3C2(C)C)O[C@H](C(=O)OC)[C@H]1OC(C)=O)C(OC(C)=O)C(=O)OC. The number of carbonyl (C=O) groups excluding carboxylic acids is 10. The molecule has 89 heavy (non-hydrogen) atoms. The minimum atomic E-state index is -2.24. The summed E-state index contributed by atoms with van der Waals surface area (Å²) in [5.74, 6) is -9.26. The van der Waals surface area contributed by atoms with Gasteiger partial charge in [0.25, 0.3) is 0 Å². The molecule has 0 aromatic rings. The van der Waals surface area contributed by atoms with E-state index in [1.165, 1.54) is 12.7 Å². The Hall–Kier alpha value is -5.80. The van der Waals surface area contributed by atoms with Crippen LogP contribution in [0.5, 0.6) is 0 Å². The van der Waals surface area contributed by atoms with Gasteiger partial charge in [0, 0.05) is 41.5 Å². The van der Waals surface area contributed by atoms with Gasteiger partial charge in [0.05, 0.1) is 40.0 Å². The molecule has 2 aliphatic heterocycles. The first-order valence-corrected chi connectivity index (χ1v) is 30.5. The molecule has 20 atom stereocenters. The monoisotopic (exact) mass is 1260 g/mol. The smallest absolute Gasteiger partial charge is 0.352 e. The maximum Gasteiger partial charge on any atom is 0.352 e. The summed E-state index contributed by atoms with van der Waals surface area (Å²) in [5, 5.41) is 0. The van der Waals surface area contributed by atoms with Gasteiger partial charge in [-0.3, -0.25) is 33.6 Å². The van der Waals surface area contributed by atoms with E-state index in [2.05, 4.69) is 54.5 Å². The highest BCUT2D eigenvalue weighted by Crippen LogP contribution is 2.76. The van der Waals surface area contributed by atoms with Crippen LogP contribution in [0.3, 0.4) is 0 Å². The van der Waals surface area contributed by atoms with Crippen molar-refractivity contribution in [3.63, 3.8) is 0 Å². The van der Waals surface area contributed by atoms with Gasteiger partial charge >= 0.3 is 59.7 Å². The van der Waals surface area contributed by atoms with Crippen LogP contribution in [0.2, 0.25) is 0 Å². The molecular weight excluding hydrogens is 1170 g/mol. The maximum atomic E-state index is 14.3. The van der Waals surface area contributed by atoms with Crippen molar-refractivity contribution in [1.82, 2.24) is 0 Å². The number of hydrogen-bond donors (Lipinski definition) is 0. The van der Waals surface area contributed by atoms with Crippen molar-refractivity contribution < 1.29 is 124 Å². The predicted octanol–water partition coefficient (Wildman–Crippen LogP) is 5.65. The molecule has 26 nitrogen and oxygen atoms in total. The van der Waals surface area contributed by atoms with E-state index in [1.807, 2.05) is 0 Å². The third kappa shape index (κ3) is 14.2. The Morgan fingerprint density at radius 2 is 1.19 bits per heavy atom. The molecule has 7 rings (SSSR count). The zero-order chi connectivity index (χ0) is 66.1. The van der Waals surface area contributed by atoms with Crippen LogP contribution >= 0.6 is 0 Å². The Morgan fingerprint density at radius 1 is 0.584 bits per heavy atom. The fourth-order valence-electron chi connectivity index (χ4n) is 16.6. The number of esters is 10. The molecule has 0 amide bonds. The quantitative estimate of drug-likeness (QED) is 0.0467. The molecule has 0 spiro atoms. The molecule has 7 aliphatic rings. The summed E-state index contributed by atoms with van der Waals surface area (Å²) in [6, 6.07) is 0. The summed E-state index contributed by atoms with van der Waals surface area (Å²) in [5.41, 5.74) is -0.721. The van der Waals surface area contributed by atoms with Crippen molar-refractivity contribution in [3.8, 4) is 0 Å². The molecule has 26 heteroatoms.